The molecule has 0 atom stereocenters. The first kappa shape index (κ1) is 14.5. The molecule has 1 rings (SSSR count). The molecule has 0 amide bonds. The van der Waals surface area contributed by atoms with Crippen molar-refractivity contribution in [3.63, 3.8) is 0 Å². The average Bonchev–Trinajstić information content (AvgIpc) is 2.30. The van der Waals surface area contributed by atoms with Gasteiger partial charge in [-0.2, -0.15) is 0 Å². The largest absolute Gasteiger partial charge is 0.492 e. The first-order valence-electron chi connectivity index (χ1n) is 5.88. The maximum absolute atomic E-state index is 11.1. The van der Waals surface area contributed by atoms with Gasteiger partial charge in [0, 0.05) is 13.5 Å². The number of aryl methyl sites for hydroxylation is 1. The number of para-hydroxylation sites is 1. The Balaban J connectivity index is 2.76. The zero-order chi connectivity index (χ0) is 13.8. The molecule has 0 spiro atoms. The minimum Gasteiger partial charge on any atom is -0.492 e. The van der Waals surface area contributed by atoms with Crippen LogP contribution < -0.4 is 4.74 Å². The van der Waals surface area contributed by atoms with Gasteiger partial charge in [-0.25, -0.2) is 4.79 Å². The highest BCUT2D eigenvalue weighted by atomic mass is 16.5. The molecule has 1 aromatic carbocycles. The second kappa shape index (κ2) is 5.87. The van der Waals surface area contributed by atoms with Gasteiger partial charge in [0.25, 0.3) is 0 Å². The van der Waals surface area contributed by atoms with Gasteiger partial charge in [-0.05, 0) is 32.4 Å². The fourth-order valence-corrected chi connectivity index (χ4v) is 1.51. The molecular weight excluding hydrogens is 232 g/mol. The van der Waals surface area contributed by atoms with Crippen LogP contribution in [0.4, 0.5) is 0 Å². The minimum absolute atomic E-state index is 0.199. The maximum atomic E-state index is 11.1. The molecule has 100 valence electrons. The number of ether oxygens (including phenoxy) is 2. The Morgan fingerprint density at radius 1 is 1.39 bits per heavy atom. The quantitative estimate of drug-likeness (QED) is 0.845. The third-order valence-corrected chi connectivity index (χ3v) is 2.95. The Hall–Kier alpha value is -1.55. The van der Waals surface area contributed by atoms with E-state index in [2.05, 4.69) is 0 Å². The van der Waals surface area contributed by atoms with Crippen LogP contribution in [0.1, 0.15) is 36.2 Å². The molecule has 0 saturated carbocycles. The fraction of sp³-hybridized carbons (Fsp3) is 0.500. The Bertz CT molecular complexity index is 424. The summed E-state index contributed by atoms with van der Waals surface area (Å²) in [7, 11) is 1.65. The maximum Gasteiger partial charge on any atom is 0.339 e. The predicted molar refractivity (Wildman–Crippen MR) is 69.3 cm³/mol. The smallest absolute Gasteiger partial charge is 0.339 e. The fourth-order valence-electron chi connectivity index (χ4n) is 1.51. The van der Waals surface area contributed by atoms with Gasteiger partial charge >= 0.3 is 5.97 Å². The lowest BCUT2D eigenvalue weighted by Crippen LogP contribution is -2.25. The second-order valence-corrected chi connectivity index (χ2v) is 4.82. The molecule has 0 aromatic heterocycles. The van der Waals surface area contributed by atoms with E-state index in [1.54, 1.807) is 19.2 Å². The van der Waals surface area contributed by atoms with E-state index in [-0.39, 0.29) is 11.2 Å². The number of hydrogen-bond donors (Lipinski definition) is 1. The van der Waals surface area contributed by atoms with Gasteiger partial charge < -0.3 is 14.6 Å². The Kier molecular flexibility index (Phi) is 4.73. The Labute approximate surface area is 108 Å². The van der Waals surface area contributed by atoms with Gasteiger partial charge in [0.05, 0.1) is 12.2 Å². The summed E-state index contributed by atoms with van der Waals surface area (Å²) in [6.45, 7) is 6.19. The van der Waals surface area contributed by atoms with Crippen LogP contribution in [0.5, 0.6) is 5.75 Å². The number of carbonyl (C=O) groups is 1. The lowest BCUT2D eigenvalue weighted by molar-refractivity contribution is 0.00531. The van der Waals surface area contributed by atoms with E-state index in [4.69, 9.17) is 14.6 Å². The van der Waals surface area contributed by atoms with Crippen molar-refractivity contribution in [2.75, 3.05) is 13.7 Å². The van der Waals surface area contributed by atoms with Gasteiger partial charge in [-0.15, -0.1) is 0 Å². The zero-order valence-electron chi connectivity index (χ0n) is 11.3. The van der Waals surface area contributed by atoms with Crippen molar-refractivity contribution >= 4 is 5.97 Å². The summed E-state index contributed by atoms with van der Waals surface area (Å²) in [6.07, 6.45) is 0.691. The van der Waals surface area contributed by atoms with Crippen molar-refractivity contribution in [3.05, 3.63) is 29.3 Å². The van der Waals surface area contributed by atoms with Crippen LogP contribution in [0.15, 0.2) is 18.2 Å². The molecule has 0 heterocycles. The number of carboxylic acid groups (broad SMARTS) is 1. The van der Waals surface area contributed by atoms with E-state index in [1.807, 2.05) is 26.8 Å². The Morgan fingerprint density at radius 2 is 2.06 bits per heavy atom. The summed E-state index contributed by atoms with van der Waals surface area (Å²) in [5.74, 6) is -0.531. The van der Waals surface area contributed by atoms with E-state index in [9.17, 15) is 4.79 Å². The molecule has 18 heavy (non-hydrogen) atoms. The standard InChI is InChI=1S/C14H20O4/c1-10-6-5-7-11(13(15)16)12(10)18-9-8-14(2,3)17-4/h5-7H,8-9H2,1-4H3,(H,15,16). The molecule has 0 aliphatic carbocycles. The summed E-state index contributed by atoms with van der Waals surface area (Å²) >= 11 is 0. The molecule has 0 aliphatic rings. The molecule has 0 fully saturated rings. The van der Waals surface area contributed by atoms with Gasteiger partial charge in [0.1, 0.15) is 11.3 Å². The number of carboxylic acids is 1. The molecular formula is C14H20O4. The van der Waals surface area contributed by atoms with E-state index in [0.717, 1.165) is 5.56 Å². The summed E-state index contributed by atoms with van der Waals surface area (Å²) in [6, 6.07) is 5.10. The lowest BCUT2D eigenvalue weighted by Gasteiger charge is -2.23. The summed E-state index contributed by atoms with van der Waals surface area (Å²) in [4.78, 5) is 11.1. The van der Waals surface area contributed by atoms with Crippen molar-refractivity contribution in [1.82, 2.24) is 0 Å². The first-order valence-corrected chi connectivity index (χ1v) is 5.88. The predicted octanol–water partition coefficient (Wildman–Crippen LogP) is 2.89. The van der Waals surface area contributed by atoms with Crippen molar-refractivity contribution < 1.29 is 19.4 Å². The molecule has 0 bridgehead atoms. The second-order valence-electron chi connectivity index (χ2n) is 4.82. The molecule has 1 N–H and O–H groups in total. The number of hydrogen-bond acceptors (Lipinski definition) is 3. The van der Waals surface area contributed by atoms with Crippen LogP contribution in [-0.4, -0.2) is 30.4 Å². The van der Waals surface area contributed by atoms with Gasteiger partial charge in [0.2, 0.25) is 0 Å². The zero-order valence-corrected chi connectivity index (χ0v) is 11.3. The SMILES string of the molecule is COC(C)(C)CCOc1c(C)cccc1C(=O)O. The molecule has 4 heteroatoms. The molecule has 4 nitrogen and oxygen atoms in total. The minimum atomic E-state index is -0.972. The number of aromatic carboxylic acids is 1. The van der Waals surface area contributed by atoms with Crippen molar-refractivity contribution in [2.45, 2.75) is 32.8 Å². The number of methoxy groups -OCH3 is 1. The third kappa shape index (κ3) is 3.74. The Morgan fingerprint density at radius 3 is 2.61 bits per heavy atom. The van der Waals surface area contributed by atoms with E-state index < -0.39 is 5.97 Å². The van der Waals surface area contributed by atoms with E-state index >= 15 is 0 Å². The van der Waals surface area contributed by atoms with Crippen molar-refractivity contribution in [2.24, 2.45) is 0 Å². The van der Waals surface area contributed by atoms with Crippen LogP contribution in [0.25, 0.3) is 0 Å². The molecule has 1 aromatic rings. The first-order chi connectivity index (χ1) is 8.37. The van der Waals surface area contributed by atoms with E-state index in [0.29, 0.717) is 18.8 Å². The lowest BCUT2D eigenvalue weighted by atomic mass is 10.1. The van der Waals surface area contributed by atoms with Gasteiger partial charge in [-0.1, -0.05) is 12.1 Å². The monoisotopic (exact) mass is 252 g/mol. The number of benzene rings is 1. The average molecular weight is 252 g/mol. The molecule has 0 radical (unpaired) electrons. The highest BCUT2D eigenvalue weighted by Crippen LogP contribution is 2.24. The van der Waals surface area contributed by atoms with E-state index in [1.165, 1.54) is 0 Å². The van der Waals surface area contributed by atoms with Crippen LogP contribution in [0.2, 0.25) is 0 Å². The molecule has 0 aliphatic heterocycles. The van der Waals surface area contributed by atoms with Crippen LogP contribution in [0, 0.1) is 6.92 Å². The summed E-state index contributed by atoms with van der Waals surface area (Å²) in [5, 5.41) is 9.09. The van der Waals surface area contributed by atoms with Gasteiger partial charge in [-0.3, -0.25) is 0 Å². The summed E-state index contributed by atoms with van der Waals surface area (Å²) in [5.41, 5.74) is 0.752. The van der Waals surface area contributed by atoms with Gasteiger partial charge in [0.15, 0.2) is 0 Å². The van der Waals surface area contributed by atoms with Crippen LogP contribution in [-0.2, 0) is 4.74 Å². The van der Waals surface area contributed by atoms with Crippen LogP contribution in [0.3, 0.4) is 0 Å². The topological polar surface area (TPSA) is 55.8 Å². The van der Waals surface area contributed by atoms with Crippen LogP contribution >= 0.6 is 0 Å². The van der Waals surface area contributed by atoms with Crippen molar-refractivity contribution in [3.8, 4) is 5.75 Å². The van der Waals surface area contributed by atoms with Crippen molar-refractivity contribution in [1.29, 1.82) is 0 Å². The number of rotatable bonds is 6. The third-order valence-electron chi connectivity index (χ3n) is 2.95. The molecule has 0 unspecified atom stereocenters. The molecule has 0 saturated heterocycles. The highest BCUT2D eigenvalue weighted by molar-refractivity contribution is 5.91. The normalized spacial score (nSPS) is 11.3. The summed E-state index contributed by atoms with van der Waals surface area (Å²) < 4.78 is 10.9. The highest BCUT2D eigenvalue weighted by Gasteiger charge is 2.18.